The minimum atomic E-state index is -0.293. The molecule has 4 nitrogen and oxygen atoms in total. The number of hydrogen-bond acceptors (Lipinski definition) is 3. The topological polar surface area (TPSA) is 58.4 Å². The van der Waals surface area contributed by atoms with E-state index in [0.717, 1.165) is 25.1 Å². The first-order chi connectivity index (χ1) is 9.08. The Bertz CT molecular complexity index is 435. The van der Waals surface area contributed by atoms with Crippen LogP contribution in [-0.2, 0) is 11.2 Å². The summed E-state index contributed by atoms with van der Waals surface area (Å²) in [6.07, 6.45) is 0.782. The lowest BCUT2D eigenvalue weighted by Crippen LogP contribution is -2.59. The van der Waals surface area contributed by atoms with Crippen molar-refractivity contribution in [2.45, 2.75) is 25.4 Å². The summed E-state index contributed by atoms with van der Waals surface area (Å²) >= 11 is 0. The van der Waals surface area contributed by atoms with E-state index in [9.17, 15) is 9.18 Å². The average molecular weight is 265 g/mol. The first kappa shape index (κ1) is 14.0. The number of benzene rings is 1. The molecule has 0 spiro atoms. The number of halogens is 1. The van der Waals surface area contributed by atoms with E-state index in [2.05, 4.69) is 17.1 Å². The zero-order chi connectivity index (χ0) is 13.8. The number of nitrogens with one attached hydrogen (secondary N) is 1. The third-order valence-electron chi connectivity index (χ3n) is 3.62. The van der Waals surface area contributed by atoms with Gasteiger partial charge in [0, 0.05) is 25.7 Å². The molecule has 1 saturated heterocycles. The smallest absolute Gasteiger partial charge is 0.236 e. The number of piperazine rings is 1. The molecule has 2 atom stereocenters. The van der Waals surface area contributed by atoms with Crippen LogP contribution in [0.5, 0.6) is 0 Å². The van der Waals surface area contributed by atoms with Crippen molar-refractivity contribution < 1.29 is 9.18 Å². The molecule has 1 aliphatic rings. The van der Waals surface area contributed by atoms with Crippen LogP contribution in [0, 0.1) is 5.82 Å². The predicted octanol–water partition coefficient (Wildman–Crippen LogP) is 0.516. The van der Waals surface area contributed by atoms with Gasteiger partial charge in [-0.15, -0.1) is 0 Å². The van der Waals surface area contributed by atoms with Gasteiger partial charge in [0.25, 0.3) is 0 Å². The van der Waals surface area contributed by atoms with Crippen molar-refractivity contribution in [3.05, 3.63) is 35.6 Å². The minimum Gasteiger partial charge on any atom is -0.368 e. The largest absolute Gasteiger partial charge is 0.368 e. The Morgan fingerprint density at radius 1 is 1.53 bits per heavy atom. The van der Waals surface area contributed by atoms with Gasteiger partial charge in [-0.3, -0.25) is 9.69 Å². The molecule has 1 amide bonds. The van der Waals surface area contributed by atoms with Gasteiger partial charge >= 0.3 is 0 Å². The van der Waals surface area contributed by atoms with Crippen LogP contribution in [0.3, 0.4) is 0 Å². The fraction of sp³-hybridized carbons (Fsp3) is 0.500. The normalized spacial score (nSPS) is 22.1. The summed E-state index contributed by atoms with van der Waals surface area (Å²) < 4.78 is 12.9. The standard InChI is InChI=1S/C14H20FN3O/c1-10(8-11-2-4-12(15)5-3-11)18-7-6-17-9-13(18)14(16)19/h2-5,10,13,17H,6-9H2,1H3,(H2,16,19). The highest BCUT2D eigenvalue weighted by Gasteiger charge is 2.30. The summed E-state index contributed by atoms with van der Waals surface area (Å²) in [4.78, 5) is 13.6. The highest BCUT2D eigenvalue weighted by molar-refractivity contribution is 5.80. The maximum atomic E-state index is 12.9. The molecule has 1 aromatic rings. The highest BCUT2D eigenvalue weighted by atomic mass is 19.1. The molecule has 1 heterocycles. The van der Waals surface area contributed by atoms with Crippen molar-refractivity contribution in [2.75, 3.05) is 19.6 Å². The van der Waals surface area contributed by atoms with Crippen LogP contribution in [0.25, 0.3) is 0 Å². The van der Waals surface area contributed by atoms with E-state index in [1.165, 1.54) is 12.1 Å². The molecular formula is C14H20FN3O. The summed E-state index contributed by atoms with van der Waals surface area (Å²) in [6, 6.07) is 6.44. The number of nitrogens with zero attached hydrogens (tertiary/aromatic N) is 1. The Hall–Kier alpha value is -1.46. The van der Waals surface area contributed by atoms with Gasteiger partial charge in [0.2, 0.25) is 5.91 Å². The van der Waals surface area contributed by atoms with E-state index < -0.39 is 0 Å². The Labute approximate surface area is 112 Å². The molecule has 19 heavy (non-hydrogen) atoms. The summed E-state index contributed by atoms with van der Waals surface area (Å²) in [6.45, 7) is 4.33. The van der Waals surface area contributed by atoms with Crippen LogP contribution in [0.2, 0.25) is 0 Å². The number of rotatable bonds is 4. The SMILES string of the molecule is CC(Cc1ccc(F)cc1)N1CCNCC1C(N)=O. The zero-order valence-corrected chi connectivity index (χ0v) is 11.1. The van der Waals surface area contributed by atoms with E-state index in [1.807, 2.05) is 0 Å². The van der Waals surface area contributed by atoms with E-state index >= 15 is 0 Å². The lowest BCUT2D eigenvalue weighted by Gasteiger charge is -2.38. The molecule has 0 aliphatic carbocycles. The van der Waals surface area contributed by atoms with Crippen LogP contribution < -0.4 is 11.1 Å². The van der Waals surface area contributed by atoms with Crippen molar-refractivity contribution in [2.24, 2.45) is 5.73 Å². The first-order valence-electron chi connectivity index (χ1n) is 6.58. The fourth-order valence-corrected chi connectivity index (χ4v) is 2.59. The van der Waals surface area contributed by atoms with E-state index in [1.54, 1.807) is 12.1 Å². The lowest BCUT2D eigenvalue weighted by atomic mass is 10.0. The minimum absolute atomic E-state index is 0.199. The van der Waals surface area contributed by atoms with Crippen molar-refractivity contribution in [1.29, 1.82) is 0 Å². The molecule has 1 aliphatic heterocycles. The number of primary amides is 1. The molecule has 0 bridgehead atoms. The van der Waals surface area contributed by atoms with Crippen molar-refractivity contribution in [3.8, 4) is 0 Å². The van der Waals surface area contributed by atoms with Crippen LogP contribution in [0.15, 0.2) is 24.3 Å². The van der Waals surface area contributed by atoms with Gasteiger partial charge < -0.3 is 11.1 Å². The molecule has 2 rings (SSSR count). The Morgan fingerprint density at radius 2 is 2.21 bits per heavy atom. The molecule has 1 aromatic carbocycles. The monoisotopic (exact) mass is 265 g/mol. The predicted molar refractivity (Wildman–Crippen MR) is 72.1 cm³/mol. The van der Waals surface area contributed by atoms with Gasteiger partial charge in [0.15, 0.2) is 0 Å². The second kappa shape index (κ2) is 6.12. The van der Waals surface area contributed by atoms with Crippen LogP contribution in [-0.4, -0.2) is 42.5 Å². The van der Waals surface area contributed by atoms with Crippen LogP contribution >= 0.6 is 0 Å². The highest BCUT2D eigenvalue weighted by Crippen LogP contribution is 2.14. The molecule has 5 heteroatoms. The van der Waals surface area contributed by atoms with Crippen LogP contribution in [0.1, 0.15) is 12.5 Å². The number of amides is 1. The maximum Gasteiger partial charge on any atom is 0.236 e. The van der Waals surface area contributed by atoms with E-state index in [-0.39, 0.29) is 23.8 Å². The second-order valence-electron chi connectivity index (χ2n) is 5.04. The summed E-state index contributed by atoms with van der Waals surface area (Å²) in [7, 11) is 0. The Morgan fingerprint density at radius 3 is 2.84 bits per heavy atom. The number of carbonyl (C=O) groups excluding carboxylic acids is 1. The van der Waals surface area contributed by atoms with E-state index in [0.29, 0.717) is 6.54 Å². The third kappa shape index (κ3) is 3.52. The molecule has 0 aromatic heterocycles. The van der Waals surface area contributed by atoms with Crippen molar-refractivity contribution >= 4 is 5.91 Å². The number of nitrogens with two attached hydrogens (primary N) is 1. The molecule has 1 fully saturated rings. The number of carbonyl (C=O) groups is 1. The number of hydrogen-bond donors (Lipinski definition) is 2. The zero-order valence-electron chi connectivity index (χ0n) is 11.1. The third-order valence-corrected chi connectivity index (χ3v) is 3.62. The quantitative estimate of drug-likeness (QED) is 0.834. The maximum absolute atomic E-state index is 12.9. The van der Waals surface area contributed by atoms with Gasteiger partial charge in [-0.1, -0.05) is 12.1 Å². The molecule has 0 radical (unpaired) electrons. The van der Waals surface area contributed by atoms with Crippen molar-refractivity contribution in [1.82, 2.24) is 10.2 Å². The van der Waals surface area contributed by atoms with Gasteiger partial charge in [0.1, 0.15) is 11.9 Å². The molecular weight excluding hydrogens is 245 g/mol. The summed E-state index contributed by atoms with van der Waals surface area (Å²) in [5.41, 5.74) is 6.50. The summed E-state index contributed by atoms with van der Waals surface area (Å²) in [5.74, 6) is -0.522. The second-order valence-corrected chi connectivity index (χ2v) is 5.04. The van der Waals surface area contributed by atoms with Gasteiger partial charge in [-0.05, 0) is 31.0 Å². The Kier molecular flexibility index (Phi) is 4.50. The summed E-state index contributed by atoms with van der Waals surface area (Å²) in [5, 5.41) is 3.18. The van der Waals surface area contributed by atoms with Crippen molar-refractivity contribution in [3.63, 3.8) is 0 Å². The van der Waals surface area contributed by atoms with Crippen LogP contribution in [0.4, 0.5) is 4.39 Å². The first-order valence-corrected chi connectivity index (χ1v) is 6.58. The van der Waals surface area contributed by atoms with Gasteiger partial charge in [0.05, 0.1) is 0 Å². The molecule has 2 unspecified atom stereocenters. The molecule has 3 N–H and O–H groups in total. The molecule has 0 saturated carbocycles. The molecule has 104 valence electrons. The lowest BCUT2D eigenvalue weighted by molar-refractivity contribution is -0.124. The van der Waals surface area contributed by atoms with E-state index in [4.69, 9.17) is 5.73 Å². The van der Waals surface area contributed by atoms with Gasteiger partial charge in [-0.25, -0.2) is 4.39 Å². The average Bonchev–Trinajstić information content (AvgIpc) is 2.41. The van der Waals surface area contributed by atoms with Gasteiger partial charge in [-0.2, -0.15) is 0 Å². The fourth-order valence-electron chi connectivity index (χ4n) is 2.59. The Balaban J connectivity index is 2.03.